The van der Waals surface area contributed by atoms with Crippen LogP contribution in [0.1, 0.15) is 129 Å². The number of aromatic nitrogens is 6. The van der Waals surface area contributed by atoms with Gasteiger partial charge in [0.25, 0.3) is 11.1 Å². The van der Waals surface area contributed by atoms with Crippen LogP contribution in [0.5, 0.6) is 0 Å². The summed E-state index contributed by atoms with van der Waals surface area (Å²) in [6.07, 6.45) is 18.3. The summed E-state index contributed by atoms with van der Waals surface area (Å²) in [5.74, 6) is -1.70. The molecule has 1 unspecified atom stereocenters. The number of pyridine rings is 6. The third-order valence-electron chi connectivity index (χ3n) is 12.0. The van der Waals surface area contributed by atoms with Crippen LogP contribution in [0.3, 0.4) is 0 Å². The highest BCUT2D eigenvalue weighted by Crippen LogP contribution is 2.30. The minimum absolute atomic E-state index is 0. The minimum Gasteiger partial charge on any atom is -0.480 e. The molecular weight excluding hydrogens is 941 g/mol. The molecule has 0 saturated carbocycles. The molecule has 0 aliphatic rings. The molecule has 6 rings (SSSR count). The highest BCUT2D eigenvalue weighted by Gasteiger charge is 2.28. The molecule has 4 N–H and O–H groups in total. The topological polar surface area (TPSA) is 241 Å². The molecule has 6 aromatic heterocycles. The van der Waals surface area contributed by atoms with Gasteiger partial charge < -0.3 is 34.8 Å². The maximum Gasteiger partial charge on any atom is 0.326 e. The molecule has 0 radical (unpaired) electrons. The lowest BCUT2D eigenvalue weighted by molar-refractivity contribution is -0.142. The van der Waals surface area contributed by atoms with E-state index < -0.39 is 36.1 Å². The molecule has 0 fully saturated rings. The first-order chi connectivity index (χ1) is 34.5. The molecule has 0 aromatic carbocycles. The van der Waals surface area contributed by atoms with Crippen molar-refractivity contribution >= 4 is 23.8 Å². The molecule has 0 aliphatic carbocycles. The molecule has 0 bridgehead atoms. The van der Waals surface area contributed by atoms with Crippen LogP contribution in [-0.4, -0.2) is 72.2 Å². The lowest BCUT2D eigenvalue weighted by Gasteiger charge is -2.25. The van der Waals surface area contributed by atoms with E-state index in [1.807, 2.05) is 93.8 Å². The minimum atomic E-state index is -0.959. The number of nitrogens with zero attached hydrogens (tertiary/aromatic N) is 6. The molecule has 396 valence electrons. The summed E-state index contributed by atoms with van der Waals surface area (Å²) < 4.78 is 12.3. The van der Waals surface area contributed by atoms with Gasteiger partial charge in [-0.1, -0.05) is 35.1 Å². The lowest BCUT2D eigenvalue weighted by Crippen LogP contribution is -2.40. The average molecular weight is 1020 g/mol. The fourth-order valence-corrected chi connectivity index (χ4v) is 8.31. The zero-order valence-corrected chi connectivity index (χ0v) is 44.0. The van der Waals surface area contributed by atoms with Gasteiger partial charge in [0.2, 0.25) is 5.91 Å². The highest BCUT2D eigenvalue weighted by atomic mass is 16.5. The van der Waals surface area contributed by atoms with Crippen molar-refractivity contribution in [1.82, 2.24) is 34.4 Å². The molecule has 6 heterocycles. The number of hydrogen-bond acceptors (Lipinski definition) is 13. The van der Waals surface area contributed by atoms with Crippen molar-refractivity contribution in [2.75, 3.05) is 14.2 Å². The normalized spacial score (nSPS) is 12.4. The largest absolute Gasteiger partial charge is 0.480 e. The SMILES string of the molecule is C.COC(=O)C[C@H](N)c1cncc(-c2c(C)cncc2C)c1.COC(=O)C[C@H](NC(=O)C(CC(C)C)n1ccc(C)cc1=O)c1cncc(-c2c(C)cncc2C)c1.Cc1ccn([C@@H](CC(C)C)C(=O)O)c(=O)c1. The number of amides is 1. The summed E-state index contributed by atoms with van der Waals surface area (Å²) in [7, 11) is 2.67. The van der Waals surface area contributed by atoms with Crippen molar-refractivity contribution < 1.29 is 33.8 Å². The molecule has 0 saturated heterocycles. The van der Waals surface area contributed by atoms with Gasteiger partial charge in [0.15, 0.2) is 0 Å². The summed E-state index contributed by atoms with van der Waals surface area (Å²) in [5.41, 5.74) is 16.8. The predicted molar refractivity (Wildman–Crippen MR) is 287 cm³/mol. The Morgan fingerprint density at radius 3 is 1.41 bits per heavy atom. The van der Waals surface area contributed by atoms with Crippen LogP contribution in [0.15, 0.2) is 108 Å². The average Bonchev–Trinajstić information content (AvgIpc) is 3.33. The third kappa shape index (κ3) is 17.2. The van der Waals surface area contributed by atoms with Crippen LogP contribution in [0.2, 0.25) is 0 Å². The molecule has 74 heavy (non-hydrogen) atoms. The Hall–Kier alpha value is -7.66. The number of nitrogens with one attached hydrogen (secondary N) is 1. The van der Waals surface area contributed by atoms with Gasteiger partial charge in [0, 0.05) is 91.3 Å². The Balaban J connectivity index is 0.000000321. The Labute approximate surface area is 434 Å². The van der Waals surface area contributed by atoms with Gasteiger partial charge in [-0.05, 0) is 146 Å². The van der Waals surface area contributed by atoms with E-state index in [0.29, 0.717) is 18.4 Å². The molecule has 17 nitrogen and oxygen atoms in total. The number of methoxy groups -OCH3 is 2. The van der Waals surface area contributed by atoms with E-state index in [-0.39, 0.29) is 55.1 Å². The molecule has 0 aliphatic heterocycles. The number of nitrogens with two attached hydrogens (primary N) is 1. The first kappa shape index (κ1) is 60.6. The fourth-order valence-electron chi connectivity index (χ4n) is 8.31. The van der Waals surface area contributed by atoms with Gasteiger partial charge in [-0.2, -0.15) is 0 Å². The standard InChI is InChI=1S/C28H34N4O4.C16H19N3O2.C12H17NO3.CH4/c1-17(2)9-24(32-8-7-18(3)10-25(32)33)28(35)31-23(12-26(34)36-6)21-11-22(16-30-15-21)27-19(4)13-29-14-20(27)5;1-10-6-18-7-11(2)16(10)13-4-12(8-19-9-13)14(17)5-15(20)21-3;1-8(2)6-10(12(15)16)13-5-4-9(3)7-11(13)14;/h7-8,10-11,13-17,23-24H,9,12H2,1-6H3,(H,31,35);4,6-9,14H,5,17H2,1-3H3;4-5,7-8,10H,6H2,1-3H3,(H,15,16);1H4/t23-,24?;14-;10-;/m000./s1. The number of ether oxygens (including phenoxy) is 2. The first-order valence-corrected chi connectivity index (χ1v) is 24.1. The van der Waals surface area contributed by atoms with Crippen LogP contribution in [0.4, 0.5) is 0 Å². The Morgan fingerprint density at radius 1 is 0.595 bits per heavy atom. The van der Waals surface area contributed by atoms with E-state index in [1.54, 1.807) is 61.7 Å². The number of aryl methyl sites for hydroxylation is 6. The number of aliphatic carboxylic acids is 1. The van der Waals surface area contributed by atoms with Crippen LogP contribution >= 0.6 is 0 Å². The van der Waals surface area contributed by atoms with Crippen molar-refractivity contribution in [3.8, 4) is 22.3 Å². The monoisotopic (exact) mass is 1010 g/mol. The maximum absolute atomic E-state index is 13.6. The Bertz CT molecular complexity index is 2940. The van der Waals surface area contributed by atoms with Gasteiger partial charge in [0.05, 0.1) is 33.1 Å². The van der Waals surface area contributed by atoms with E-state index >= 15 is 0 Å². The maximum atomic E-state index is 13.6. The van der Waals surface area contributed by atoms with Gasteiger partial charge in [-0.3, -0.25) is 43.9 Å². The number of hydrogen-bond donors (Lipinski definition) is 3. The van der Waals surface area contributed by atoms with E-state index in [1.165, 1.54) is 35.5 Å². The van der Waals surface area contributed by atoms with Crippen molar-refractivity contribution in [2.24, 2.45) is 17.6 Å². The predicted octanol–water partition coefficient (Wildman–Crippen LogP) is 9.03. The summed E-state index contributed by atoms with van der Waals surface area (Å²) in [6.45, 7) is 19.5. The number of carboxylic acid groups (broad SMARTS) is 1. The number of carboxylic acids is 1. The molecule has 0 spiro atoms. The second kappa shape index (κ2) is 28.5. The number of esters is 2. The number of carbonyl (C=O) groups is 4. The Morgan fingerprint density at radius 2 is 0.986 bits per heavy atom. The molecule has 1 amide bonds. The van der Waals surface area contributed by atoms with Crippen molar-refractivity contribution in [2.45, 2.75) is 127 Å². The quantitative estimate of drug-likeness (QED) is 0.0723. The number of carbonyl (C=O) groups excluding carboxylic acids is 3. The smallest absolute Gasteiger partial charge is 0.326 e. The van der Waals surface area contributed by atoms with E-state index in [9.17, 15) is 28.8 Å². The highest BCUT2D eigenvalue weighted by molar-refractivity contribution is 5.82. The fraction of sp³-hybridized carbons (Fsp3) is 0.404. The lowest BCUT2D eigenvalue weighted by atomic mass is 9.96. The number of rotatable bonds is 17. The van der Waals surface area contributed by atoms with Crippen molar-refractivity contribution in [1.29, 1.82) is 0 Å². The van der Waals surface area contributed by atoms with Gasteiger partial charge in [-0.15, -0.1) is 0 Å². The zero-order chi connectivity index (χ0) is 54.1. The van der Waals surface area contributed by atoms with Crippen LogP contribution in [0.25, 0.3) is 22.3 Å². The first-order valence-electron chi connectivity index (χ1n) is 24.1. The summed E-state index contributed by atoms with van der Waals surface area (Å²) in [4.78, 5) is 89.7. The summed E-state index contributed by atoms with van der Waals surface area (Å²) in [5, 5.41) is 12.1. The van der Waals surface area contributed by atoms with E-state index in [2.05, 4.69) is 30.0 Å². The molecular formula is C57H74N8O9. The van der Waals surface area contributed by atoms with Crippen molar-refractivity contribution in [3.63, 3.8) is 0 Å². The van der Waals surface area contributed by atoms with Crippen LogP contribution in [-0.2, 0) is 28.7 Å². The van der Waals surface area contributed by atoms with Crippen molar-refractivity contribution in [3.05, 3.63) is 164 Å². The van der Waals surface area contributed by atoms with Crippen LogP contribution in [0, 0.1) is 53.4 Å². The molecule has 6 aromatic rings. The van der Waals surface area contributed by atoms with E-state index in [0.717, 1.165) is 61.2 Å². The Kier molecular flexibility index (Phi) is 23.4. The second-order valence-electron chi connectivity index (χ2n) is 19.1. The van der Waals surface area contributed by atoms with Gasteiger partial charge in [-0.25, -0.2) is 4.79 Å². The van der Waals surface area contributed by atoms with Gasteiger partial charge in [0.1, 0.15) is 12.1 Å². The van der Waals surface area contributed by atoms with Crippen LogP contribution < -0.4 is 22.2 Å². The third-order valence-corrected chi connectivity index (χ3v) is 12.0. The second-order valence-corrected chi connectivity index (χ2v) is 19.1. The molecule has 4 atom stereocenters. The summed E-state index contributed by atoms with van der Waals surface area (Å²) in [6, 6.07) is 7.81. The van der Waals surface area contributed by atoms with E-state index in [4.69, 9.17) is 15.6 Å². The summed E-state index contributed by atoms with van der Waals surface area (Å²) >= 11 is 0. The molecule has 17 heteroatoms. The zero-order valence-electron chi connectivity index (χ0n) is 44.0. The van der Waals surface area contributed by atoms with Gasteiger partial charge >= 0.3 is 17.9 Å².